The standard InChI is InChI=1S/C27H34F5N7O3/c1-15(2)39-18(8-12-34-39)22(40)37-21(16-5-9-26(28,29)10-6-16)23(41)36-20-13-17(7-11-33-20)25(3,4)38-14-19(27(30,31)32)35-24(38)42/h7-8,11-13,15-16,19,21H,5-6,9-10,14H2,1-4H3,(H,35,42)(H,37,40)(H,33,36,41)/t19-,21-/m0/s1. The van der Waals surface area contributed by atoms with E-state index in [1.165, 1.54) is 35.3 Å². The van der Waals surface area contributed by atoms with Crippen LogP contribution in [0.25, 0.3) is 0 Å². The molecule has 2 aliphatic rings. The van der Waals surface area contributed by atoms with E-state index in [2.05, 4.69) is 20.7 Å². The Morgan fingerprint density at radius 1 is 1.12 bits per heavy atom. The van der Waals surface area contributed by atoms with Gasteiger partial charge in [-0.2, -0.15) is 18.3 Å². The van der Waals surface area contributed by atoms with Gasteiger partial charge in [-0.3, -0.25) is 14.3 Å². The molecule has 10 nitrogen and oxygen atoms in total. The molecule has 4 amide bonds. The highest BCUT2D eigenvalue weighted by molar-refractivity contribution is 6.00. The summed E-state index contributed by atoms with van der Waals surface area (Å²) < 4.78 is 69.0. The van der Waals surface area contributed by atoms with Crippen LogP contribution in [-0.2, 0) is 10.3 Å². The van der Waals surface area contributed by atoms with Crippen molar-refractivity contribution in [3.63, 3.8) is 0 Å². The Labute approximate surface area is 239 Å². The Morgan fingerprint density at radius 2 is 1.79 bits per heavy atom. The van der Waals surface area contributed by atoms with Gasteiger partial charge in [0.15, 0.2) is 0 Å². The van der Waals surface area contributed by atoms with Crippen molar-refractivity contribution < 1.29 is 36.3 Å². The Hall–Kier alpha value is -3.78. The van der Waals surface area contributed by atoms with E-state index in [0.717, 1.165) is 4.90 Å². The number of hydrogen-bond donors (Lipinski definition) is 3. The van der Waals surface area contributed by atoms with Crippen LogP contribution in [-0.4, -0.2) is 68.2 Å². The van der Waals surface area contributed by atoms with E-state index < -0.39 is 72.9 Å². The van der Waals surface area contributed by atoms with Crippen LogP contribution in [0.15, 0.2) is 30.6 Å². The summed E-state index contributed by atoms with van der Waals surface area (Å²) in [7, 11) is 0. The number of rotatable bonds is 8. The zero-order valence-corrected chi connectivity index (χ0v) is 23.6. The largest absolute Gasteiger partial charge is 0.410 e. The number of anilines is 1. The Balaban J connectivity index is 1.55. The third kappa shape index (κ3) is 6.65. The maximum absolute atomic E-state index is 13.9. The van der Waals surface area contributed by atoms with Gasteiger partial charge in [-0.25, -0.2) is 18.6 Å². The molecule has 230 valence electrons. The minimum atomic E-state index is -4.62. The van der Waals surface area contributed by atoms with Crippen molar-refractivity contribution in [2.24, 2.45) is 5.92 Å². The Morgan fingerprint density at radius 3 is 2.38 bits per heavy atom. The molecule has 1 saturated heterocycles. The number of nitrogens with zero attached hydrogens (tertiary/aromatic N) is 4. The van der Waals surface area contributed by atoms with Crippen LogP contribution in [0.5, 0.6) is 0 Å². The number of hydrogen-bond acceptors (Lipinski definition) is 5. The van der Waals surface area contributed by atoms with E-state index in [-0.39, 0.29) is 30.4 Å². The molecule has 0 unspecified atom stereocenters. The van der Waals surface area contributed by atoms with Gasteiger partial charge in [0.05, 0.1) is 12.1 Å². The van der Waals surface area contributed by atoms with Gasteiger partial charge in [0, 0.05) is 31.3 Å². The summed E-state index contributed by atoms with van der Waals surface area (Å²) in [5.41, 5.74) is -0.624. The number of urea groups is 1. The minimum Gasteiger partial charge on any atom is -0.339 e. The van der Waals surface area contributed by atoms with E-state index in [4.69, 9.17) is 0 Å². The molecule has 2 atom stereocenters. The normalized spacial score (nSPS) is 20.4. The molecule has 2 aromatic rings. The molecular formula is C27H34F5N7O3. The van der Waals surface area contributed by atoms with Gasteiger partial charge in [0.1, 0.15) is 23.6 Å². The summed E-state index contributed by atoms with van der Waals surface area (Å²) in [5, 5.41) is 11.4. The smallest absolute Gasteiger partial charge is 0.339 e. The Bertz CT molecular complexity index is 1320. The molecule has 4 rings (SSSR count). The first-order valence-electron chi connectivity index (χ1n) is 13.6. The predicted octanol–water partition coefficient (Wildman–Crippen LogP) is 4.61. The molecule has 1 aliphatic carbocycles. The van der Waals surface area contributed by atoms with Crippen LogP contribution >= 0.6 is 0 Å². The second-order valence-electron chi connectivity index (χ2n) is 11.5. The zero-order chi connectivity index (χ0) is 31.0. The molecule has 15 heteroatoms. The Kier molecular flexibility index (Phi) is 8.52. The van der Waals surface area contributed by atoms with Crippen LogP contribution in [0.3, 0.4) is 0 Å². The number of aromatic nitrogens is 3. The first-order valence-corrected chi connectivity index (χ1v) is 13.6. The van der Waals surface area contributed by atoms with Gasteiger partial charge in [-0.05, 0) is 70.2 Å². The molecule has 1 saturated carbocycles. The average Bonchev–Trinajstić information content (AvgIpc) is 3.55. The van der Waals surface area contributed by atoms with Crippen molar-refractivity contribution >= 4 is 23.7 Å². The van der Waals surface area contributed by atoms with Crippen molar-refractivity contribution in [2.45, 2.75) is 89.1 Å². The molecule has 0 bridgehead atoms. The van der Waals surface area contributed by atoms with E-state index in [0.29, 0.717) is 5.56 Å². The molecule has 0 aromatic carbocycles. The van der Waals surface area contributed by atoms with E-state index in [9.17, 15) is 36.3 Å². The summed E-state index contributed by atoms with van der Waals surface area (Å²) in [6, 6.07) is 0.185. The van der Waals surface area contributed by atoms with Crippen molar-refractivity contribution in [2.75, 3.05) is 11.9 Å². The molecule has 0 radical (unpaired) electrons. The third-order valence-electron chi connectivity index (χ3n) is 7.89. The lowest BCUT2D eigenvalue weighted by molar-refractivity contribution is -0.150. The molecule has 3 N–H and O–H groups in total. The quantitative estimate of drug-likeness (QED) is 0.383. The second-order valence-corrected chi connectivity index (χ2v) is 11.5. The number of halogens is 5. The van der Waals surface area contributed by atoms with E-state index >= 15 is 0 Å². The molecule has 0 spiro atoms. The van der Waals surface area contributed by atoms with Gasteiger partial charge in [0.2, 0.25) is 11.8 Å². The topological polar surface area (TPSA) is 121 Å². The van der Waals surface area contributed by atoms with Gasteiger partial charge in [0.25, 0.3) is 5.91 Å². The summed E-state index contributed by atoms with van der Waals surface area (Å²) >= 11 is 0. The monoisotopic (exact) mass is 599 g/mol. The number of carbonyl (C=O) groups is 3. The first-order chi connectivity index (χ1) is 19.5. The van der Waals surface area contributed by atoms with Crippen molar-refractivity contribution in [3.05, 3.63) is 41.9 Å². The molecule has 3 heterocycles. The maximum Gasteiger partial charge on any atom is 0.410 e. The van der Waals surface area contributed by atoms with Crippen LogP contribution in [0.4, 0.5) is 32.6 Å². The zero-order valence-electron chi connectivity index (χ0n) is 23.6. The van der Waals surface area contributed by atoms with Crippen LogP contribution < -0.4 is 16.0 Å². The van der Waals surface area contributed by atoms with Gasteiger partial charge >= 0.3 is 12.2 Å². The number of carbonyl (C=O) groups excluding carboxylic acids is 3. The maximum atomic E-state index is 13.9. The second kappa shape index (κ2) is 11.5. The van der Waals surface area contributed by atoms with E-state index in [1.807, 2.05) is 19.2 Å². The number of nitrogens with one attached hydrogen (secondary N) is 3. The van der Waals surface area contributed by atoms with Crippen molar-refractivity contribution in [1.82, 2.24) is 30.3 Å². The summed E-state index contributed by atoms with van der Waals surface area (Å²) in [4.78, 5) is 44.3. The first kappa shape index (κ1) is 31.2. The minimum absolute atomic E-state index is 0.000246. The van der Waals surface area contributed by atoms with Crippen LogP contribution in [0.2, 0.25) is 0 Å². The molecule has 1 aliphatic heterocycles. The van der Waals surface area contributed by atoms with Crippen molar-refractivity contribution in [3.8, 4) is 0 Å². The fourth-order valence-corrected chi connectivity index (χ4v) is 5.36. The lowest BCUT2D eigenvalue weighted by Crippen LogP contribution is -2.50. The van der Waals surface area contributed by atoms with E-state index in [1.54, 1.807) is 13.8 Å². The molecule has 2 fully saturated rings. The highest BCUT2D eigenvalue weighted by Crippen LogP contribution is 2.38. The lowest BCUT2D eigenvalue weighted by atomic mass is 9.81. The van der Waals surface area contributed by atoms with Crippen LogP contribution in [0, 0.1) is 5.92 Å². The number of amides is 4. The number of alkyl halides is 5. The molecule has 2 aromatic heterocycles. The average molecular weight is 600 g/mol. The third-order valence-corrected chi connectivity index (χ3v) is 7.89. The van der Waals surface area contributed by atoms with Crippen molar-refractivity contribution in [1.29, 1.82) is 0 Å². The van der Waals surface area contributed by atoms with Gasteiger partial charge in [-0.1, -0.05) is 0 Å². The molecular weight excluding hydrogens is 565 g/mol. The highest BCUT2D eigenvalue weighted by atomic mass is 19.4. The SMILES string of the molecule is CC(C)n1nccc1C(=O)N[C@H](C(=O)Nc1cc(C(C)(C)N2C[C@@H](C(F)(F)F)NC2=O)ccn1)C1CCC(F)(F)CC1. The van der Waals surface area contributed by atoms with Crippen LogP contribution in [0.1, 0.15) is 75.5 Å². The summed E-state index contributed by atoms with van der Waals surface area (Å²) in [6.45, 7) is 6.18. The lowest BCUT2D eigenvalue weighted by Gasteiger charge is -2.35. The summed E-state index contributed by atoms with van der Waals surface area (Å²) in [6.07, 6.45) is -2.70. The van der Waals surface area contributed by atoms with Gasteiger partial charge < -0.3 is 20.9 Å². The summed E-state index contributed by atoms with van der Waals surface area (Å²) in [5.74, 6) is -4.71. The number of pyridine rings is 1. The highest BCUT2D eigenvalue weighted by Gasteiger charge is 2.50. The fourth-order valence-electron chi connectivity index (χ4n) is 5.36. The van der Waals surface area contributed by atoms with Gasteiger partial charge in [-0.15, -0.1) is 0 Å². The molecule has 42 heavy (non-hydrogen) atoms. The fraction of sp³-hybridized carbons (Fsp3) is 0.593. The predicted molar refractivity (Wildman–Crippen MR) is 142 cm³/mol.